The molecule has 0 spiro atoms. The van der Waals surface area contributed by atoms with Crippen LogP contribution in [0.5, 0.6) is 0 Å². The van der Waals surface area contributed by atoms with E-state index in [4.69, 9.17) is 44.9 Å². The molecule has 2 aliphatic rings. The van der Waals surface area contributed by atoms with E-state index in [1.54, 1.807) is 0 Å². The monoisotopic (exact) mass is 1200 g/mol. The van der Waals surface area contributed by atoms with Gasteiger partial charge in [0, 0.05) is 96.7 Å². The molecule has 436 valence electrons. The van der Waals surface area contributed by atoms with Crippen molar-refractivity contribution in [1.29, 1.82) is 0 Å². The van der Waals surface area contributed by atoms with E-state index >= 15 is 0 Å². The smallest absolute Gasteiger partial charge is 0.146 e. The summed E-state index contributed by atoms with van der Waals surface area (Å²) in [6.07, 6.45) is 16.9. The Bertz CT molecular complexity index is 6360. The van der Waals surface area contributed by atoms with Crippen molar-refractivity contribution in [2.24, 2.45) is 10.9 Å². The molecule has 0 amide bonds. The van der Waals surface area contributed by atoms with Gasteiger partial charge in [-0.2, -0.15) is 0 Å². The van der Waals surface area contributed by atoms with E-state index in [1.165, 1.54) is 38.2 Å². The van der Waals surface area contributed by atoms with Crippen molar-refractivity contribution in [3.05, 3.63) is 291 Å². The molecule has 11 nitrogen and oxygen atoms in total. The van der Waals surface area contributed by atoms with Crippen LogP contribution in [0.15, 0.2) is 279 Å². The minimum atomic E-state index is 0.0512. The molecule has 20 rings (SSSR count). The molecule has 1 aliphatic carbocycles. The first-order chi connectivity index (χ1) is 46.6. The summed E-state index contributed by atoms with van der Waals surface area (Å²) in [4.78, 5) is 46.6. The van der Waals surface area contributed by atoms with E-state index in [0.717, 1.165) is 162 Å². The van der Waals surface area contributed by atoms with Crippen molar-refractivity contribution in [3.8, 4) is 56.3 Å². The van der Waals surface area contributed by atoms with Crippen molar-refractivity contribution in [2.75, 3.05) is 0 Å². The second kappa shape index (κ2) is 20.4. The molecule has 94 heavy (non-hydrogen) atoms. The standard InChI is InChI=1S/C83H49N11/c1-2-12-48(13-3-1)74-58-16-4-6-18-60(58)75(61-19-7-5-17-59(61)74)55-30-36-71-65(45-55)66-46-56(47-88-83(66)94(71)73-38-32-52-26-24-50-15-10-41-85-77(50)79(52)92-73)57-39-43-86-81-62(57)33-27-53-28-34-69(90-80(53)81)68-22-8-21-67(89-68)54-29-35-70-64(44-54)63-20-11-42-87-82(63)93(70)72-37-31-51-25-23-49-14-9-40-84-76(49)78(51)91-72/h1-27,29-47,53H,28H2. The summed E-state index contributed by atoms with van der Waals surface area (Å²) in [6.45, 7) is 0. The van der Waals surface area contributed by atoms with Crippen LogP contribution in [0.3, 0.4) is 0 Å². The average molecular weight is 1200 g/mol. The zero-order valence-electron chi connectivity index (χ0n) is 50.3. The van der Waals surface area contributed by atoms with E-state index in [0.29, 0.717) is 0 Å². The lowest BCUT2D eigenvalue weighted by molar-refractivity contribution is 0.858. The first kappa shape index (κ1) is 52.1. The first-order valence-electron chi connectivity index (χ1n) is 31.7. The van der Waals surface area contributed by atoms with Crippen LogP contribution in [-0.2, 0) is 0 Å². The van der Waals surface area contributed by atoms with Gasteiger partial charge in [0.1, 0.15) is 22.9 Å². The van der Waals surface area contributed by atoms with Crippen LogP contribution in [0.4, 0.5) is 0 Å². The number of aliphatic imine (C=N–C) groups is 1. The van der Waals surface area contributed by atoms with Crippen LogP contribution in [0, 0.1) is 5.92 Å². The molecule has 0 fully saturated rings. The number of hydrogen-bond donors (Lipinski definition) is 0. The Morgan fingerprint density at radius 3 is 1.61 bits per heavy atom. The maximum Gasteiger partial charge on any atom is 0.146 e. The Morgan fingerprint density at radius 2 is 0.915 bits per heavy atom. The van der Waals surface area contributed by atoms with Gasteiger partial charge in [0.15, 0.2) is 0 Å². The zero-order valence-corrected chi connectivity index (χ0v) is 50.3. The third-order valence-electron chi connectivity index (χ3n) is 19.2. The number of fused-ring (bicyclic) bond motifs is 17. The molecule has 1 aliphatic heterocycles. The Morgan fingerprint density at radius 1 is 0.362 bits per heavy atom. The van der Waals surface area contributed by atoms with Gasteiger partial charge in [-0.25, -0.2) is 29.9 Å². The van der Waals surface area contributed by atoms with Crippen LogP contribution in [0.25, 0.3) is 177 Å². The van der Waals surface area contributed by atoms with Crippen LogP contribution in [0.1, 0.15) is 23.4 Å². The maximum atomic E-state index is 5.47. The number of aromatic nitrogens is 10. The summed E-state index contributed by atoms with van der Waals surface area (Å²) in [5.41, 5.74) is 20.0. The number of pyridine rings is 8. The number of nitrogens with zero attached hydrogens (tertiary/aromatic N) is 11. The Labute approximate surface area is 536 Å². The van der Waals surface area contributed by atoms with Gasteiger partial charge in [0.2, 0.25) is 0 Å². The molecule has 8 aromatic carbocycles. The maximum absolute atomic E-state index is 5.47. The molecule has 0 radical (unpaired) electrons. The highest BCUT2D eigenvalue weighted by molar-refractivity contribution is 6.23. The van der Waals surface area contributed by atoms with Gasteiger partial charge in [0.05, 0.1) is 61.6 Å². The van der Waals surface area contributed by atoms with Gasteiger partial charge >= 0.3 is 0 Å². The molecule has 18 aromatic rings. The fourth-order valence-electron chi connectivity index (χ4n) is 14.9. The molecular weight excluding hydrogens is 1150 g/mol. The lowest BCUT2D eigenvalue weighted by Crippen LogP contribution is -2.22. The van der Waals surface area contributed by atoms with Gasteiger partial charge in [0.25, 0.3) is 0 Å². The van der Waals surface area contributed by atoms with Crippen LogP contribution in [-0.4, -0.2) is 54.7 Å². The SMILES string of the molecule is C1=CC2CC=C(c3cccc(-c4ccc5c(c4)c4cccnc4n5-c4ccc5ccc6cccnc6c5n4)n3)N=C2c2nccc(-c3cnc4c(c3)c3cc(-c5c6ccccc6c(-c6ccccc6)c6ccccc56)ccc3n4-c3ccc4ccc5cccnc5c4n3)c21. The number of allylic oxidation sites excluding steroid dienone is 2. The quantitative estimate of drug-likeness (QED) is 0.114. The van der Waals surface area contributed by atoms with Gasteiger partial charge in [-0.15, -0.1) is 0 Å². The number of rotatable bonds is 7. The summed E-state index contributed by atoms with van der Waals surface area (Å²) < 4.78 is 4.37. The second-order valence-corrected chi connectivity index (χ2v) is 24.4. The molecule has 0 saturated heterocycles. The lowest BCUT2D eigenvalue weighted by atomic mass is 9.84. The van der Waals surface area contributed by atoms with E-state index in [9.17, 15) is 0 Å². The van der Waals surface area contributed by atoms with Gasteiger partial charge in [-0.05, 0) is 153 Å². The topological polar surface area (TPSA) is 125 Å². The van der Waals surface area contributed by atoms with Crippen LogP contribution in [0.2, 0.25) is 0 Å². The highest BCUT2D eigenvalue weighted by Crippen LogP contribution is 2.47. The lowest BCUT2D eigenvalue weighted by Gasteiger charge is -2.25. The molecule has 0 saturated carbocycles. The highest BCUT2D eigenvalue weighted by Gasteiger charge is 2.29. The average Bonchev–Trinajstić information content (AvgIpc) is 1.04. The molecule has 11 heteroatoms. The predicted molar refractivity (Wildman–Crippen MR) is 382 cm³/mol. The first-order valence-corrected chi connectivity index (χ1v) is 31.7. The summed E-state index contributed by atoms with van der Waals surface area (Å²) in [5.74, 6) is 1.60. The third kappa shape index (κ3) is 7.94. The third-order valence-corrected chi connectivity index (χ3v) is 19.2. The van der Waals surface area contributed by atoms with Crippen LogP contribution < -0.4 is 0 Å². The van der Waals surface area contributed by atoms with E-state index in [2.05, 4.69) is 240 Å². The van der Waals surface area contributed by atoms with Crippen molar-refractivity contribution >= 4 is 127 Å². The normalized spacial score (nSPS) is 13.9. The largest absolute Gasteiger partial charge is 0.278 e. The molecule has 0 bridgehead atoms. The molecule has 11 heterocycles. The molecule has 0 N–H and O–H groups in total. The summed E-state index contributed by atoms with van der Waals surface area (Å²) >= 11 is 0. The van der Waals surface area contributed by atoms with Crippen LogP contribution >= 0.6 is 0 Å². The van der Waals surface area contributed by atoms with E-state index in [-0.39, 0.29) is 5.92 Å². The highest BCUT2D eigenvalue weighted by atomic mass is 15.1. The van der Waals surface area contributed by atoms with Gasteiger partial charge < -0.3 is 0 Å². The Hall–Kier alpha value is -12.7. The summed E-state index contributed by atoms with van der Waals surface area (Å²) in [5, 5.41) is 13.1. The molecule has 10 aromatic heterocycles. The second-order valence-electron chi connectivity index (χ2n) is 24.4. The Kier molecular flexibility index (Phi) is 11.3. The number of benzene rings is 8. The minimum absolute atomic E-state index is 0.0512. The van der Waals surface area contributed by atoms with Crippen molar-refractivity contribution in [1.82, 2.24) is 49.0 Å². The van der Waals surface area contributed by atoms with Crippen molar-refractivity contribution in [2.45, 2.75) is 6.42 Å². The van der Waals surface area contributed by atoms with Gasteiger partial charge in [-0.3, -0.25) is 24.1 Å². The van der Waals surface area contributed by atoms with E-state index in [1.807, 2.05) is 49.2 Å². The van der Waals surface area contributed by atoms with Gasteiger partial charge in [-0.1, -0.05) is 152 Å². The van der Waals surface area contributed by atoms with Crippen molar-refractivity contribution < 1.29 is 0 Å². The van der Waals surface area contributed by atoms with Crippen molar-refractivity contribution in [3.63, 3.8) is 0 Å². The minimum Gasteiger partial charge on any atom is -0.278 e. The molecular formula is C83H49N11. The number of hydrogen-bond acceptors (Lipinski definition) is 9. The predicted octanol–water partition coefficient (Wildman–Crippen LogP) is 19.5. The fourth-order valence-corrected chi connectivity index (χ4v) is 14.9. The van der Waals surface area contributed by atoms with E-state index < -0.39 is 0 Å². The Balaban J connectivity index is 0.698. The fraction of sp³-hybridized carbons (Fsp3) is 0.0241. The zero-order chi connectivity index (χ0) is 61.5. The molecule has 1 atom stereocenters. The summed E-state index contributed by atoms with van der Waals surface area (Å²) in [6, 6.07) is 81.6. The molecule has 1 unspecified atom stereocenters. The summed E-state index contributed by atoms with van der Waals surface area (Å²) in [7, 11) is 0.